The summed E-state index contributed by atoms with van der Waals surface area (Å²) in [5.41, 5.74) is 4.50. The van der Waals surface area contributed by atoms with Crippen molar-refractivity contribution in [3.8, 4) is 0 Å². The first-order valence-corrected chi connectivity index (χ1v) is 7.28. The highest BCUT2D eigenvalue weighted by Crippen LogP contribution is 2.19. The molecule has 0 aliphatic carbocycles. The van der Waals surface area contributed by atoms with E-state index in [9.17, 15) is 27.6 Å². The van der Waals surface area contributed by atoms with Gasteiger partial charge in [0.25, 0.3) is 21.9 Å². The van der Waals surface area contributed by atoms with Crippen molar-refractivity contribution in [2.75, 3.05) is 14.1 Å². The maximum Gasteiger partial charge on any atom is 0.330 e. The summed E-state index contributed by atoms with van der Waals surface area (Å²) in [6, 6.07) is 0. The second-order valence-corrected chi connectivity index (χ2v) is 5.22. The molecule has 144 valence electrons. The minimum Gasteiger partial charge on any atom is -0.359 e. The highest BCUT2D eigenvalue weighted by Gasteiger charge is 2.48. The van der Waals surface area contributed by atoms with Gasteiger partial charge in [0.1, 0.15) is 0 Å². The molecule has 1 aliphatic heterocycles. The highest BCUT2D eigenvalue weighted by atomic mass is 32.2. The number of carbonyl (C=O) groups excluding carboxylic acids is 4. The predicted octanol–water partition coefficient (Wildman–Crippen LogP) is -0.921. The maximum absolute atomic E-state index is 11.2. The van der Waals surface area contributed by atoms with Gasteiger partial charge in [0, 0.05) is 20.9 Å². The van der Waals surface area contributed by atoms with Crippen molar-refractivity contribution in [3.63, 3.8) is 0 Å². The molecule has 0 saturated carbocycles. The van der Waals surface area contributed by atoms with Crippen LogP contribution in [0.5, 0.6) is 0 Å². The van der Waals surface area contributed by atoms with Crippen molar-refractivity contribution in [2.45, 2.75) is 40.4 Å². The fraction of sp³-hybridized carbons (Fsp3) is 0.667. The molecule has 1 heterocycles. The molecule has 1 fully saturated rings. The summed E-state index contributed by atoms with van der Waals surface area (Å²) < 4.78 is 29.9. The van der Waals surface area contributed by atoms with Crippen LogP contribution in [0.3, 0.4) is 0 Å². The molecular weight excluding hydrogens is 346 g/mol. The molecule has 11 nitrogen and oxygen atoms in total. The minimum atomic E-state index is -4.66. The number of hydrogen-bond donors (Lipinski definition) is 3. The molecule has 1 atom stereocenters. The van der Waals surface area contributed by atoms with Crippen molar-refractivity contribution in [3.05, 3.63) is 0 Å². The lowest BCUT2D eigenvalue weighted by Gasteiger charge is -2.10. The molecule has 0 aromatic rings. The number of rotatable bonds is 2. The number of amides is 3. The van der Waals surface area contributed by atoms with E-state index in [-0.39, 0.29) is 25.8 Å². The molecule has 0 aromatic carbocycles. The highest BCUT2D eigenvalue weighted by molar-refractivity contribution is 7.87. The molecule has 3 amide bonds. The second kappa shape index (κ2) is 13.4. The molecule has 1 unspecified atom stereocenters. The van der Waals surface area contributed by atoms with Crippen LogP contribution in [0.4, 0.5) is 0 Å². The number of hydroxylamine groups is 2. The van der Waals surface area contributed by atoms with E-state index in [4.69, 9.17) is 4.55 Å². The molecule has 0 aromatic heterocycles. The summed E-state index contributed by atoms with van der Waals surface area (Å²) in [6.07, 6.45) is -0.731. The molecule has 0 spiro atoms. The first-order valence-electron chi connectivity index (χ1n) is 5.78. The monoisotopic (exact) mass is 373 g/mol. The lowest BCUT2D eigenvalue weighted by Crippen LogP contribution is -2.36. The Morgan fingerprint density at radius 1 is 1.25 bits per heavy atom. The Labute approximate surface area is 142 Å². The van der Waals surface area contributed by atoms with E-state index in [1.165, 1.54) is 14.0 Å². The standard InChI is InChI=1S/C6H7NO7S.C3H7NO.CH5N.2CH4/c1-3(8)14-7-5(9)2-4(6(7)10)15(11,12)13;1-3(5)4-2;1-2;;/h4H,2H2,1H3,(H,11,12,13);1-2H3,(H,4,5);2H2,1H3;2*1H4. The number of nitrogens with zero attached hydrogens (tertiary/aromatic N) is 1. The van der Waals surface area contributed by atoms with Gasteiger partial charge in [0.15, 0.2) is 5.25 Å². The first kappa shape index (κ1) is 29.9. The van der Waals surface area contributed by atoms with E-state index in [1.54, 1.807) is 7.05 Å². The van der Waals surface area contributed by atoms with Gasteiger partial charge in [-0.15, -0.1) is 5.06 Å². The third-order valence-corrected chi connectivity index (χ3v) is 3.08. The van der Waals surface area contributed by atoms with Crippen molar-refractivity contribution < 1.29 is 37.0 Å². The maximum atomic E-state index is 11.2. The average molecular weight is 373 g/mol. The molecule has 0 radical (unpaired) electrons. The Kier molecular flexibility index (Phi) is 16.7. The predicted molar refractivity (Wildman–Crippen MR) is 86.9 cm³/mol. The second-order valence-electron chi connectivity index (χ2n) is 3.62. The Morgan fingerprint density at radius 3 is 1.83 bits per heavy atom. The Bertz CT molecular complexity index is 532. The molecule has 1 saturated heterocycles. The fourth-order valence-electron chi connectivity index (χ4n) is 1.04. The van der Waals surface area contributed by atoms with Gasteiger partial charge in [-0.05, 0) is 7.05 Å². The first-order chi connectivity index (χ1) is 10.0. The van der Waals surface area contributed by atoms with Gasteiger partial charge in [0.2, 0.25) is 5.91 Å². The van der Waals surface area contributed by atoms with Crippen LogP contribution in [-0.4, -0.2) is 61.1 Å². The summed E-state index contributed by atoms with van der Waals surface area (Å²) in [7, 11) is -1.56. The van der Waals surface area contributed by atoms with Crippen LogP contribution < -0.4 is 11.1 Å². The van der Waals surface area contributed by atoms with Crippen molar-refractivity contribution >= 4 is 33.8 Å². The van der Waals surface area contributed by atoms with Crippen molar-refractivity contribution in [1.29, 1.82) is 0 Å². The normalized spacial score (nSPS) is 15.4. The molecule has 1 aliphatic rings. The van der Waals surface area contributed by atoms with Crippen molar-refractivity contribution in [1.82, 2.24) is 10.4 Å². The molecule has 0 bridgehead atoms. The van der Waals surface area contributed by atoms with Gasteiger partial charge >= 0.3 is 5.97 Å². The number of nitrogens with two attached hydrogens (primary N) is 1. The van der Waals surface area contributed by atoms with Crippen LogP contribution in [0.15, 0.2) is 0 Å². The minimum absolute atomic E-state index is 0. The van der Waals surface area contributed by atoms with E-state index in [0.29, 0.717) is 0 Å². The van der Waals surface area contributed by atoms with Gasteiger partial charge in [-0.1, -0.05) is 14.9 Å². The Balaban J connectivity index is -0.000000192. The van der Waals surface area contributed by atoms with E-state index < -0.39 is 39.6 Å². The molecule has 12 heteroatoms. The zero-order valence-corrected chi connectivity index (χ0v) is 13.3. The SMILES string of the molecule is C.C.CC(=O)ON1C(=O)CC(S(=O)(=O)O)C1=O.CN.CNC(C)=O. The molecule has 4 N–H and O–H groups in total. The summed E-state index contributed by atoms with van der Waals surface area (Å²) in [5.74, 6) is -3.19. The van der Waals surface area contributed by atoms with Crippen LogP contribution in [-0.2, 0) is 34.1 Å². The van der Waals surface area contributed by atoms with Gasteiger partial charge in [-0.25, -0.2) is 4.79 Å². The van der Waals surface area contributed by atoms with Crippen LogP contribution in [0.2, 0.25) is 0 Å². The summed E-state index contributed by atoms with van der Waals surface area (Å²) in [5, 5.41) is 0.546. The molecule has 1 rings (SSSR count). The number of carbonyl (C=O) groups is 4. The third-order valence-electron chi connectivity index (χ3n) is 1.99. The smallest absolute Gasteiger partial charge is 0.330 e. The van der Waals surface area contributed by atoms with E-state index in [0.717, 1.165) is 6.92 Å². The van der Waals surface area contributed by atoms with Gasteiger partial charge in [0.05, 0.1) is 6.42 Å². The molecule has 24 heavy (non-hydrogen) atoms. The topological polar surface area (TPSA) is 173 Å². The zero-order valence-electron chi connectivity index (χ0n) is 12.5. The van der Waals surface area contributed by atoms with Gasteiger partial charge < -0.3 is 15.9 Å². The lowest BCUT2D eigenvalue weighted by atomic mass is 10.4. The largest absolute Gasteiger partial charge is 0.359 e. The third kappa shape index (κ3) is 10.6. The zero-order chi connectivity index (χ0) is 18.1. The van der Waals surface area contributed by atoms with E-state index in [1.807, 2.05) is 0 Å². The number of hydrogen-bond acceptors (Lipinski definition) is 8. The quantitative estimate of drug-likeness (QED) is 0.408. The Morgan fingerprint density at radius 2 is 1.62 bits per heavy atom. The molecular formula is C12H27N3O8S. The summed E-state index contributed by atoms with van der Waals surface area (Å²) in [6.45, 7) is 2.42. The van der Waals surface area contributed by atoms with Gasteiger partial charge in [-0.2, -0.15) is 8.42 Å². The van der Waals surface area contributed by atoms with E-state index >= 15 is 0 Å². The van der Waals surface area contributed by atoms with E-state index in [2.05, 4.69) is 15.9 Å². The lowest BCUT2D eigenvalue weighted by molar-refractivity contribution is -0.195. The summed E-state index contributed by atoms with van der Waals surface area (Å²) in [4.78, 5) is 46.6. The van der Waals surface area contributed by atoms with Crippen LogP contribution >= 0.6 is 0 Å². The van der Waals surface area contributed by atoms with Crippen LogP contribution in [0.25, 0.3) is 0 Å². The van der Waals surface area contributed by atoms with Crippen molar-refractivity contribution in [2.24, 2.45) is 5.73 Å². The Hall–Kier alpha value is -2.05. The van der Waals surface area contributed by atoms with Gasteiger partial charge in [-0.3, -0.25) is 18.9 Å². The van der Waals surface area contributed by atoms with Crippen LogP contribution in [0, 0.1) is 0 Å². The fourth-order valence-corrected chi connectivity index (χ4v) is 1.74. The number of imide groups is 1. The van der Waals surface area contributed by atoms with Crippen LogP contribution in [0.1, 0.15) is 35.1 Å². The number of nitrogens with one attached hydrogen (secondary N) is 1. The average Bonchev–Trinajstić information content (AvgIpc) is 2.69. The summed E-state index contributed by atoms with van der Waals surface area (Å²) >= 11 is 0.